The van der Waals surface area contributed by atoms with Gasteiger partial charge in [0.05, 0.1) is 15.4 Å². The summed E-state index contributed by atoms with van der Waals surface area (Å²) in [6.45, 7) is 0. The Morgan fingerprint density at radius 1 is 0.871 bits per heavy atom. The van der Waals surface area contributed by atoms with E-state index >= 15 is 0 Å². The van der Waals surface area contributed by atoms with Crippen molar-refractivity contribution in [2.45, 2.75) is 44.2 Å². The highest BCUT2D eigenvalue weighted by Gasteiger charge is 2.28. The zero-order chi connectivity index (χ0) is 22.4. The van der Waals surface area contributed by atoms with Crippen LogP contribution in [0.5, 0.6) is 0 Å². The predicted molar refractivity (Wildman–Crippen MR) is 109 cm³/mol. The Bertz CT molecular complexity index is 967. The molecule has 2 aromatic carbocycles. The van der Waals surface area contributed by atoms with Gasteiger partial charge in [-0.2, -0.15) is 0 Å². The van der Waals surface area contributed by atoms with Crippen LogP contribution in [0.15, 0.2) is 48.5 Å². The van der Waals surface area contributed by atoms with Crippen LogP contribution in [0.1, 0.15) is 54.1 Å². The lowest BCUT2D eigenvalue weighted by molar-refractivity contribution is -0.385. The molecule has 0 bridgehead atoms. The van der Waals surface area contributed by atoms with E-state index in [9.17, 15) is 29.8 Å². The average Bonchev–Trinajstić information content (AvgIpc) is 2.78. The van der Waals surface area contributed by atoms with Gasteiger partial charge in [0.15, 0.2) is 0 Å². The summed E-state index contributed by atoms with van der Waals surface area (Å²) in [6.07, 6.45) is 3.44. The molecule has 162 valence electrons. The summed E-state index contributed by atoms with van der Waals surface area (Å²) in [5.74, 6) is -1.35. The maximum atomic E-state index is 12.9. The zero-order valence-electron chi connectivity index (χ0n) is 16.6. The molecule has 1 fully saturated rings. The third kappa shape index (κ3) is 5.62. The molecule has 1 N–H and O–H groups in total. The number of carbonyl (C=O) groups excluding carboxylic acids is 2. The Hall–Kier alpha value is -3.82. The van der Waals surface area contributed by atoms with Gasteiger partial charge in [0.25, 0.3) is 17.3 Å². The largest absolute Gasteiger partial charge is 0.444 e. The Labute approximate surface area is 177 Å². The second-order valence-electron chi connectivity index (χ2n) is 7.28. The molecule has 0 heterocycles. The van der Waals surface area contributed by atoms with E-state index in [1.54, 1.807) is 0 Å². The summed E-state index contributed by atoms with van der Waals surface area (Å²) in [6, 6.07) is 9.99. The molecule has 10 heteroatoms. The smallest absolute Gasteiger partial charge is 0.339 e. The van der Waals surface area contributed by atoms with Gasteiger partial charge in [-0.15, -0.1) is 0 Å². The number of carbonyl (C=O) groups is 2. The van der Waals surface area contributed by atoms with Gasteiger partial charge in [0.2, 0.25) is 6.10 Å². The van der Waals surface area contributed by atoms with Gasteiger partial charge in [-0.3, -0.25) is 25.0 Å². The van der Waals surface area contributed by atoms with Crippen molar-refractivity contribution in [1.29, 1.82) is 0 Å². The number of nitro groups is 2. The first-order valence-corrected chi connectivity index (χ1v) is 9.85. The molecular weight excluding hydrogens is 406 g/mol. The van der Waals surface area contributed by atoms with E-state index in [4.69, 9.17) is 4.74 Å². The van der Waals surface area contributed by atoms with E-state index in [0.29, 0.717) is 0 Å². The first-order valence-electron chi connectivity index (χ1n) is 9.85. The van der Waals surface area contributed by atoms with Gasteiger partial charge in [0, 0.05) is 35.9 Å². The first-order chi connectivity index (χ1) is 14.8. The van der Waals surface area contributed by atoms with Crippen LogP contribution in [0.3, 0.4) is 0 Å². The molecule has 1 amide bonds. The number of nitro benzene ring substituents is 2. The summed E-state index contributed by atoms with van der Waals surface area (Å²) in [5, 5.41) is 24.6. The molecule has 10 nitrogen and oxygen atoms in total. The third-order valence-corrected chi connectivity index (χ3v) is 5.14. The Balaban J connectivity index is 1.81. The summed E-state index contributed by atoms with van der Waals surface area (Å²) in [4.78, 5) is 46.1. The van der Waals surface area contributed by atoms with Crippen LogP contribution in [0.25, 0.3) is 0 Å². The van der Waals surface area contributed by atoms with E-state index in [1.807, 2.05) is 0 Å². The van der Waals surface area contributed by atoms with Gasteiger partial charge in [0.1, 0.15) is 0 Å². The van der Waals surface area contributed by atoms with Crippen molar-refractivity contribution in [1.82, 2.24) is 5.32 Å². The van der Waals surface area contributed by atoms with Gasteiger partial charge in [-0.1, -0.05) is 19.3 Å². The van der Waals surface area contributed by atoms with E-state index in [1.165, 1.54) is 48.5 Å². The van der Waals surface area contributed by atoms with Crippen LogP contribution in [0.4, 0.5) is 11.4 Å². The summed E-state index contributed by atoms with van der Waals surface area (Å²) in [7, 11) is 0. The SMILES string of the molecule is O=C(OC(C(=O)NC1CCCCC1)c1ccc([N+](=O)[O-])cc1)c1ccc([N+](=O)[O-])cc1. The molecule has 2 aromatic rings. The molecule has 1 aliphatic carbocycles. The van der Waals surface area contributed by atoms with Gasteiger partial charge < -0.3 is 10.1 Å². The highest BCUT2D eigenvalue weighted by atomic mass is 16.6. The predicted octanol–water partition coefficient (Wildman–Crippen LogP) is 3.85. The maximum Gasteiger partial charge on any atom is 0.339 e. The van der Waals surface area contributed by atoms with Gasteiger partial charge >= 0.3 is 5.97 Å². The van der Waals surface area contributed by atoms with Crippen LogP contribution >= 0.6 is 0 Å². The molecular formula is C21H21N3O7. The minimum Gasteiger partial charge on any atom is -0.444 e. The number of esters is 1. The van der Waals surface area contributed by atoms with Crippen LogP contribution in [-0.2, 0) is 9.53 Å². The topological polar surface area (TPSA) is 142 Å². The standard InChI is InChI=1S/C21H21N3O7/c25-20(22-16-4-2-1-3-5-16)19(14-6-10-17(11-7-14)23(27)28)31-21(26)15-8-12-18(13-9-15)24(29)30/h6-13,16,19H,1-5H2,(H,22,25). The number of nitrogens with one attached hydrogen (secondary N) is 1. The zero-order valence-corrected chi connectivity index (χ0v) is 16.6. The molecule has 1 atom stereocenters. The van der Waals surface area contributed by atoms with E-state index in [2.05, 4.69) is 5.32 Å². The fourth-order valence-corrected chi connectivity index (χ4v) is 3.46. The lowest BCUT2D eigenvalue weighted by Crippen LogP contribution is -2.40. The van der Waals surface area contributed by atoms with Crippen molar-refractivity contribution in [3.05, 3.63) is 79.9 Å². The number of ether oxygens (including phenoxy) is 1. The molecule has 1 aliphatic rings. The number of hydrogen-bond donors (Lipinski definition) is 1. The number of nitrogens with zero attached hydrogens (tertiary/aromatic N) is 2. The molecule has 1 unspecified atom stereocenters. The highest BCUT2D eigenvalue weighted by molar-refractivity contribution is 5.93. The molecule has 3 rings (SSSR count). The lowest BCUT2D eigenvalue weighted by atomic mass is 9.95. The van der Waals surface area contributed by atoms with Crippen LogP contribution in [0.2, 0.25) is 0 Å². The molecule has 31 heavy (non-hydrogen) atoms. The average molecular weight is 427 g/mol. The molecule has 0 aliphatic heterocycles. The number of rotatable bonds is 7. The van der Waals surface area contributed by atoms with Gasteiger partial charge in [-0.05, 0) is 37.1 Å². The quantitative estimate of drug-likeness (QED) is 0.402. The van der Waals surface area contributed by atoms with Crippen LogP contribution in [0, 0.1) is 20.2 Å². The van der Waals surface area contributed by atoms with Crippen molar-refractivity contribution < 1.29 is 24.2 Å². The van der Waals surface area contributed by atoms with Gasteiger partial charge in [-0.25, -0.2) is 4.79 Å². The van der Waals surface area contributed by atoms with Crippen molar-refractivity contribution in [3.63, 3.8) is 0 Å². The lowest BCUT2D eigenvalue weighted by Gasteiger charge is -2.25. The molecule has 0 spiro atoms. The number of hydrogen-bond acceptors (Lipinski definition) is 7. The number of non-ortho nitro benzene ring substituents is 2. The number of amides is 1. The second kappa shape index (κ2) is 9.79. The summed E-state index contributed by atoms with van der Waals surface area (Å²) in [5.41, 5.74) is -0.00690. The van der Waals surface area contributed by atoms with E-state index in [-0.39, 0.29) is 28.5 Å². The third-order valence-electron chi connectivity index (χ3n) is 5.14. The maximum absolute atomic E-state index is 12.9. The Morgan fingerprint density at radius 3 is 1.90 bits per heavy atom. The number of benzene rings is 2. The van der Waals surface area contributed by atoms with Crippen LogP contribution < -0.4 is 5.32 Å². The van der Waals surface area contributed by atoms with Crippen molar-refractivity contribution >= 4 is 23.3 Å². The molecule has 0 saturated heterocycles. The van der Waals surface area contributed by atoms with Crippen molar-refractivity contribution in [2.75, 3.05) is 0 Å². The van der Waals surface area contributed by atoms with Crippen molar-refractivity contribution in [3.8, 4) is 0 Å². The van der Waals surface area contributed by atoms with E-state index in [0.717, 1.165) is 32.1 Å². The monoisotopic (exact) mass is 427 g/mol. The van der Waals surface area contributed by atoms with Crippen LogP contribution in [-0.4, -0.2) is 27.8 Å². The Kier molecular flexibility index (Phi) is 6.91. The second-order valence-corrected chi connectivity index (χ2v) is 7.28. The fraction of sp³-hybridized carbons (Fsp3) is 0.333. The molecule has 0 aromatic heterocycles. The minimum absolute atomic E-state index is 0.0279. The molecule has 0 radical (unpaired) electrons. The Morgan fingerprint density at radius 2 is 1.39 bits per heavy atom. The highest BCUT2D eigenvalue weighted by Crippen LogP contribution is 2.25. The first kappa shape index (κ1) is 21.9. The fourth-order valence-electron chi connectivity index (χ4n) is 3.46. The van der Waals surface area contributed by atoms with Crippen molar-refractivity contribution in [2.24, 2.45) is 0 Å². The summed E-state index contributed by atoms with van der Waals surface area (Å²) >= 11 is 0. The normalized spacial score (nSPS) is 15.0. The van der Waals surface area contributed by atoms with E-state index < -0.39 is 27.8 Å². The summed E-state index contributed by atoms with van der Waals surface area (Å²) < 4.78 is 5.44. The minimum atomic E-state index is -1.31. The molecule has 1 saturated carbocycles.